The summed E-state index contributed by atoms with van der Waals surface area (Å²) in [5.41, 5.74) is 0.759. The first-order valence-corrected chi connectivity index (χ1v) is 6.38. The van der Waals surface area contributed by atoms with Crippen LogP contribution in [0.15, 0.2) is 30.3 Å². The lowest BCUT2D eigenvalue weighted by Gasteiger charge is -2.16. The van der Waals surface area contributed by atoms with Gasteiger partial charge in [0.15, 0.2) is 0 Å². The van der Waals surface area contributed by atoms with Gasteiger partial charge in [-0.05, 0) is 25.0 Å². The number of hydrogen-bond donors (Lipinski definition) is 2. The van der Waals surface area contributed by atoms with E-state index < -0.39 is 0 Å². The first-order valence-electron chi connectivity index (χ1n) is 6.38. The zero-order valence-electron chi connectivity index (χ0n) is 10.3. The zero-order chi connectivity index (χ0) is 12.8. The van der Waals surface area contributed by atoms with Crippen molar-refractivity contribution < 1.29 is 9.59 Å². The number of hydrogen-bond acceptors (Lipinski definition) is 2. The molecule has 1 saturated carbocycles. The summed E-state index contributed by atoms with van der Waals surface area (Å²) >= 11 is 0. The SMILES string of the molecule is O=C1CCCCC(NC(=O)Nc2ccccc2)C1. The molecule has 1 unspecified atom stereocenters. The van der Waals surface area contributed by atoms with E-state index in [4.69, 9.17) is 0 Å². The lowest BCUT2D eigenvalue weighted by Crippen LogP contribution is -2.38. The number of nitrogens with one attached hydrogen (secondary N) is 2. The molecule has 0 aromatic heterocycles. The molecule has 1 aromatic rings. The summed E-state index contributed by atoms with van der Waals surface area (Å²) in [4.78, 5) is 23.2. The molecule has 2 N–H and O–H groups in total. The minimum atomic E-state index is -0.235. The van der Waals surface area contributed by atoms with Gasteiger partial charge in [0, 0.05) is 24.6 Å². The van der Waals surface area contributed by atoms with Gasteiger partial charge in [-0.2, -0.15) is 0 Å². The van der Waals surface area contributed by atoms with Crippen molar-refractivity contribution in [2.24, 2.45) is 0 Å². The van der Waals surface area contributed by atoms with E-state index in [0.29, 0.717) is 12.8 Å². The van der Waals surface area contributed by atoms with Crippen molar-refractivity contribution in [3.05, 3.63) is 30.3 Å². The first kappa shape index (κ1) is 12.6. The molecule has 0 spiro atoms. The molecule has 96 valence electrons. The number of para-hydroxylation sites is 1. The smallest absolute Gasteiger partial charge is 0.319 e. The molecule has 1 fully saturated rings. The van der Waals surface area contributed by atoms with Gasteiger partial charge in [0.25, 0.3) is 0 Å². The van der Waals surface area contributed by atoms with Crippen LogP contribution >= 0.6 is 0 Å². The molecule has 18 heavy (non-hydrogen) atoms. The highest BCUT2D eigenvalue weighted by Crippen LogP contribution is 2.15. The van der Waals surface area contributed by atoms with Crippen LogP contribution in [0.25, 0.3) is 0 Å². The van der Waals surface area contributed by atoms with Crippen molar-refractivity contribution in [1.82, 2.24) is 5.32 Å². The van der Waals surface area contributed by atoms with Crippen LogP contribution in [0.2, 0.25) is 0 Å². The lowest BCUT2D eigenvalue weighted by atomic mass is 10.1. The topological polar surface area (TPSA) is 58.2 Å². The van der Waals surface area contributed by atoms with E-state index in [1.165, 1.54) is 0 Å². The van der Waals surface area contributed by atoms with E-state index in [1.807, 2.05) is 30.3 Å². The van der Waals surface area contributed by atoms with Crippen LogP contribution in [0, 0.1) is 0 Å². The molecule has 1 aliphatic rings. The number of rotatable bonds is 2. The second kappa shape index (κ2) is 6.19. The molecule has 0 heterocycles. The van der Waals surface area contributed by atoms with E-state index in [9.17, 15) is 9.59 Å². The summed E-state index contributed by atoms with van der Waals surface area (Å²) in [6.45, 7) is 0. The Morgan fingerprint density at radius 3 is 2.72 bits per heavy atom. The minimum Gasteiger partial charge on any atom is -0.335 e. The fourth-order valence-corrected chi connectivity index (χ4v) is 2.19. The third-order valence-electron chi connectivity index (χ3n) is 3.10. The number of amides is 2. The van der Waals surface area contributed by atoms with Crippen molar-refractivity contribution in [1.29, 1.82) is 0 Å². The highest BCUT2D eigenvalue weighted by molar-refractivity contribution is 5.90. The Kier molecular flexibility index (Phi) is 4.34. The number of ketones is 1. The molecule has 0 bridgehead atoms. The minimum absolute atomic E-state index is 0.0243. The molecular weight excluding hydrogens is 228 g/mol. The van der Waals surface area contributed by atoms with Crippen molar-refractivity contribution in [2.45, 2.75) is 38.1 Å². The van der Waals surface area contributed by atoms with Crippen LogP contribution in [-0.4, -0.2) is 17.9 Å². The van der Waals surface area contributed by atoms with E-state index >= 15 is 0 Å². The fraction of sp³-hybridized carbons (Fsp3) is 0.429. The molecule has 0 saturated heterocycles. The Bertz CT molecular complexity index is 417. The van der Waals surface area contributed by atoms with Crippen molar-refractivity contribution >= 4 is 17.5 Å². The van der Waals surface area contributed by atoms with Crippen LogP contribution in [0.5, 0.6) is 0 Å². The quantitative estimate of drug-likeness (QED) is 0.788. The lowest BCUT2D eigenvalue weighted by molar-refractivity contribution is -0.119. The Morgan fingerprint density at radius 2 is 1.94 bits per heavy atom. The molecule has 2 amide bonds. The summed E-state index contributed by atoms with van der Waals surface area (Å²) < 4.78 is 0. The Balaban J connectivity index is 1.85. The Labute approximate surface area is 107 Å². The second-order valence-corrected chi connectivity index (χ2v) is 4.65. The van der Waals surface area contributed by atoms with Crippen molar-refractivity contribution in [2.75, 3.05) is 5.32 Å². The summed E-state index contributed by atoms with van der Waals surface area (Å²) in [5.74, 6) is 0.248. The normalized spacial score (nSPS) is 20.0. The van der Waals surface area contributed by atoms with Gasteiger partial charge in [-0.3, -0.25) is 4.79 Å². The molecule has 1 aromatic carbocycles. The second-order valence-electron chi connectivity index (χ2n) is 4.65. The largest absolute Gasteiger partial charge is 0.335 e. The predicted octanol–water partition coefficient (Wildman–Crippen LogP) is 2.71. The van der Waals surface area contributed by atoms with Crippen LogP contribution in [0.3, 0.4) is 0 Å². The Morgan fingerprint density at radius 1 is 1.17 bits per heavy atom. The maximum atomic E-state index is 11.8. The van der Waals surface area contributed by atoms with E-state index in [2.05, 4.69) is 10.6 Å². The monoisotopic (exact) mass is 246 g/mol. The van der Waals surface area contributed by atoms with Crippen molar-refractivity contribution in [3.63, 3.8) is 0 Å². The molecule has 2 rings (SSSR count). The number of carbonyl (C=O) groups is 2. The number of carbonyl (C=O) groups excluding carboxylic acids is 2. The number of Topliss-reactive ketones (excluding diaryl/α,β-unsaturated/α-hetero) is 1. The maximum Gasteiger partial charge on any atom is 0.319 e. The van der Waals surface area contributed by atoms with Crippen LogP contribution < -0.4 is 10.6 Å². The molecule has 1 atom stereocenters. The van der Waals surface area contributed by atoms with Crippen molar-refractivity contribution in [3.8, 4) is 0 Å². The number of urea groups is 1. The molecule has 1 aliphatic carbocycles. The maximum absolute atomic E-state index is 11.8. The van der Waals surface area contributed by atoms with E-state index in [1.54, 1.807) is 0 Å². The number of anilines is 1. The molecule has 4 heteroatoms. The van der Waals surface area contributed by atoms with Gasteiger partial charge in [0.1, 0.15) is 5.78 Å². The molecular formula is C14H18N2O2. The summed E-state index contributed by atoms with van der Waals surface area (Å²) in [7, 11) is 0. The molecule has 0 aliphatic heterocycles. The third-order valence-corrected chi connectivity index (χ3v) is 3.10. The van der Waals surface area contributed by atoms with E-state index in [-0.39, 0.29) is 17.9 Å². The standard InChI is InChI=1S/C14H18N2O2/c17-13-9-5-4-8-12(10-13)16-14(18)15-11-6-2-1-3-7-11/h1-3,6-7,12H,4-5,8-10H2,(H2,15,16,18). The average Bonchev–Trinajstić information content (AvgIpc) is 2.54. The summed E-state index contributed by atoms with van der Waals surface area (Å²) in [5, 5.41) is 5.63. The van der Waals surface area contributed by atoms with Gasteiger partial charge in [-0.1, -0.05) is 24.6 Å². The Hall–Kier alpha value is -1.84. The van der Waals surface area contributed by atoms with Gasteiger partial charge >= 0.3 is 6.03 Å². The van der Waals surface area contributed by atoms with Gasteiger partial charge in [-0.15, -0.1) is 0 Å². The van der Waals surface area contributed by atoms with Gasteiger partial charge in [-0.25, -0.2) is 4.79 Å². The molecule has 4 nitrogen and oxygen atoms in total. The average molecular weight is 246 g/mol. The third kappa shape index (κ3) is 3.87. The summed E-state index contributed by atoms with van der Waals surface area (Å²) in [6, 6.07) is 9.03. The van der Waals surface area contributed by atoms with Gasteiger partial charge in [0.05, 0.1) is 0 Å². The van der Waals surface area contributed by atoms with E-state index in [0.717, 1.165) is 24.9 Å². The highest BCUT2D eigenvalue weighted by Gasteiger charge is 2.19. The van der Waals surface area contributed by atoms with Crippen LogP contribution in [0.1, 0.15) is 32.1 Å². The highest BCUT2D eigenvalue weighted by atomic mass is 16.2. The van der Waals surface area contributed by atoms with Gasteiger partial charge in [0.2, 0.25) is 0 Å². The molecule has 0 radical (unpaired) electrons. The first-order chi connectivity index (χ1) is 8.74. The predicted molar refractivity (Wildman–Crippen MR) is 70.5 cm³/mol. The fourth-order valence-electron chi connectivity index (χ4n) is 2.19. The summed E-state index contributed by atoms with van der Waals surface area (Å²) in [6.07, 6.45) is 3.94. The van der Waals surface area contributed by atoms with Crippen LogP contribution in [-0.2, 0) is 4.79 Å². The van der Waals surface area contributed by atoms with Gasteiger partial charge < -0.3 is 10.6 Å². The zero-order valence-corrected chi connectivity index (χ0v) is 10.3. The van der Waals surface area contributed by atoms with Crippen LogP contribution in [0.4, 0.5) is 10.5 Å². The number of benzene rings is 1.